The minimum absolute atomic E-state index is 0.0562. The Hall–Kier alpha value is -0.880. The van der Waals surface area contributed by atoms with E-state index in [0.29, 0.717) is 5.56 Å². The first kappa shape index (κ1) is 11.2. The molecule has 78 valence electrons. The molecule has 0 aromatic heterocycles. The Morgan fingerprint density at radius 2 is 1.64 bits per heavy atom. The van der Waals surface area contributed by atoms with E-state index in [0.717, 1.165) is 6.26 Å². The minimum Gasteiger partial charge on any atom is -0.232 e. The molecule has 0 atom stereocenters. The molecule has 0 bridgehead atoms. The largest absolute Gasteiger partial charge is 0.232 e. The molecule has 0 radical (unpaired) electrons. The fraction of sp³-hybridized carbons (Fsp3) is 0.250. The van der Waals surface area contributed by atoms with Crippen LogP contribution in [0.15, 0.2) is 29.2 Å². The normalized spacial score (nSPS) is 11.9. The van der Waals surface area contributed by atoms with E-state index in [9.17, 15) is 16.8 Å². The van der Waals surface area contributed by atoms with Crippen LogP contribution in [-0.4, -0.2) is 23.1 Å². The Labute approximate surface area is 84.4 Å². The Morgan fingerprint density at radius 3 is 2.00 bits per heavy atom. The van der Waals surface area contributed by atoms with Crippen LogP contribution in [0.25, 0.3) is 0 Å². The molecule has 0 spiro atoms. The summed E-state index contributed by atoms with van der Waals surface area (Å²) in [6.07, 6.45) is 1.11. The summed E-state index contributed by atoms with van der Waals surface area (Å²) in [6, 6.07) is 5.82. The predicted molar refractivity (Wildman–Crippen MR) is 53.6 cm³/mol. The van der Waals surface area contributed by atoms with Gasteiger partial charge in [0.15, 0.2) is 9.84 Å². The highest BCUT2D eigenvalue weighted by Gasteiger charge is 2.05. The average Bonchev–Trinajstić information content (AvgIpc) is 2.02. The Balaban J connectivity index is 3.01. The fourth-order valence-electron chi connectivity index (χ4n) is 0.991. The summed E-state index contributed by atoms with van der Waals surface area (Å²) in [4.78, 5) is 0.197. The first-order chi connectivity index (χ1) is 6.39. The van der Waals surface area contributed by atoms with E-state index in [2.05, 4.69) is 0 Å². The van der Waals surface area contributed by atoms with Gasteiger partial charge in [0.1, 0.15) is 10.7 Å². The second-order valence-electron chi connectivity index (χ2n) is 2.91. The molecule has 1 aromatic rings. The third kappa shape index (κ3) is 3.12. The molecular formula is C8H10O4S2. The van der Waals surface area contributed by atoms with E-state index < -0.39 is 20.5 Å². The van der Waals surface area contributed by atoms with Crippen molar-refractivity contribution in [3.63, 3.8) is 0 Å². The zero-order valence-electron chi connectivity index (χ0n) is 7.50. The SMILES string of the molecule is CS(=O)(=O)c1ccc(C[SH](=O)=O)cc1. The van der Waals surface area contributed by atoms with Gasteiger partial charge in [-0.2, -0.15) is 0 Å². The second-order valence-corrected chi connectivity index (χ2v) is 5.90. The number of benzene rings is 1. The third-order valence-corrected chi connectivity index (χ3v) is 3.41. The van der Waals surface area contributed by atoms with Gasteiger partial charge in [0.25, 0.3) is 0 Å². The van der Waals surface area contributed by atoms with Gasteiger partial charge in [0.2, 0.25) is 0 Å². The molecule has 0 saturated carbocycles. The van der Waals surface area contributed by atoms with E-state index >= 15 is 0 Å². The maximum Gasteiger partial charge on any atom is 0.175 e. The highest BCUT2D eigenvalue weighted by molar-refractivity contribution is 7.90. The van der Waals surface area contributed by atoms with Crippen molar-refractivity contribution >= 4 is 20.5 Å². The molecule has 0 N–H and O–H groups in total. The predicted octanol–water partition coefficient (Wildman–Crippen LogP) is 0.202. The van der Waals surface area contributed by atoms with Gasteiger partial charge in [-0.05, 0) is 17.7 Å². The lowest BCUT2D eigenvalue weighted by atomic mass is 10.2. The molecule has 0 aliphatic carbocycles. The smallest absolute Gasteiger partial charge is 0.175 e. The van der Waals surface area contributed by atoms with Crippen LogP contribution in [0, 0.1) is 0 Å². The maximum atomic E-state index is 11.0. The van der Waals surface area contributed by atoms with Crippen molar-refractivity contribution in [1.29, 1.82) is 0 Å². The molecule has 0 unspecified atom stereocenters. The number of sulfone groups is 1. The van der Waals surface area contributed by atoms with Gasteiger partial charge >= 0.3 is 0 Å². The van der Waals surface area contributed by atoms with E-state index in [1.165, 1.54) is 24.3 Å². The molecule has 0 heterocycles. The number of hydrogen-bond donors (Lipinski definition) is 1. The van der Waals surface area contributed by atoms with E-state index in [4.69, 9.17) is 0 Å². The summed E-state index contributed by atoms with van der Waals surface area (Å²) in [5, 5.41) is 0. The lowest BCUT2D eigenvalue weighted by Crippen LogP contribution is -1.97. The number of rotatable bonds is 3. The van der Waals surface area contributed by atoms with Crippen LogP contribution < -0.4 is 0 Å². The second kappa shape index (κ2) is 4.10. The molecule has 14 heavy (non-hydrogen) atoms. The van der Waals surface area contributed by atoms with Crippen LogP contribution in [0.1, 0.15) is 5.56 Å². The van der Waals surface area contributed by atoms with Crippen molar-refractivity contribution in [3.8, 4) is 0 Å². The van der Waals surface area contributed by atoms with E-state index in [1.54, 1.807) is 0 Å². The number of thiol groups is 1. The molecule has 1 aromatic carbocycles. The molecule has 6 heteroatoms. The monoisotopic (exact) mass is 234 g/mol. The summed E-state index contributed by atoms with van der Waals surface area (Å²) in [7, 11) is -5.66. The molecule has 0 fully saturated rings. The lowest BCUT2D eigenvalue weighted by Gasteiger charge is -1.98. The van der Waals surface area contributed by atoms with Crippen molar-refractivity contribution in [1.82, 2.24) is 0 Å². The zero-order chi connectivity index (χ0) is 10.8. The highest BCUT2D eigenvalue weighted by Crippen LogP contribution is 2.10. The van der Waals surface area contributed by atoms with Gasteiger partial charge in [-0.1, -0.05) is 12.1 Å². The zero-order valence-corrected chi connectivity index (χ0v) is 9.22. The third-order valence-electron chi connectivity index (χ3n) is 1.66. The van der Waals surface area contributed by atoms with Gasteiger partial charge in [-0.3, -0.25) is 0 Å². The quantitative estimate of drug-likeness (QED) is 0.759. The summed E-state index contributed by atoms with van der Waals surface area (Å²) in [6.45, 7) is 0. The van der Waals surface area contributed by atoms with Gasteiger partial charge in [0.05, 0.1) is 10.6 Å². The van der Waals surface area contributed by atoms with Crippen LogP contribution in [-0.2, 0) is 26.3 Å². The number of hydrogen-bond acceptors (Lipinski definition) is 4. The van der Waals surface area contributed by atoms with Crippen molar-refractivity contribution < 1.29 is 16.8 Å². The van der Waals surface area contributed by atoms with Crippen molar-refractivity contribution in [2.45, 2.75) is 10.6 Å². The summed E-state index contributed by atoms with van der Waals surface area (Å²) >= 11 is 0. The standard InChI is InChI=1S/C8H10O4S2/c1-14(11,12)8-4-2-7(3-5-8)6-13(9)10/h2-5,13H,6H2,1H3. The topological polar surface area (TPSA) is 68.3 Å². The molecule has 0 saturated heterocycles. The van der Waals surface area contributed by atoms with Crippen LogP contribution in [0.5, 0.6) is 0 Å². The van der Waals surface area contributed by atoms with Gasteiger partial charge < -0.3 is 0 Å². The van der Waals surface area contributed by atoms with E-state index in [1.807, 2.05) is 0 Å². The Morgan fingerprint density at radius 1 is 1.14 bits per heavy atom. The van der Waals surface area contributed by atoms with Gasteiger partial charge in [-0.15, -0.1) is 0 Å². The molecule has 0 aliphatic heterocycles. The lowest BCUT2D eigenvalue weighted by molar-refractivity contribution is 0.602. The Kier molecular flexibility index (Phi) is 3.28. The fourth-order valence-corrected chi connectivity index (χ4v) is 2.13. The van der Waals surface area contributed by atoms with Crippen LogP contribution in [0.3, 0.4) is 0 Å². The first-order valence-electron chi connectivity index (χ1n) is 3.80. The highest BCUT2D eigenvalue weighted by atomic mass is 32.2. The Bertz CT molecular complexity index is 475. The molecule has 0 amide bonds. The van der Waals surface area contributed by atoms with Crippen LogP contribution in [0.4, 0.5) is 0 Å². The van der Waals surface area contributed by atoms with Gasteiger partial charge in [0, 0.05) is 6.26 Å². The van der Waals surface area contributed by atoms with Gasteiger partial charge in [-0.25, -0.2) is 16.8 Å². The molecule has 1 rings (SSSR count). The molecule has 4 nitrogen and oxygen atoms in total. The van der Waals surface area contributed by atoms with Crippen LogP contribution >= 0.6 is 0 Å². The summed E-state index contributed by atoms with van der Waals surface area (Å²) in [5.74, 6) is -0.0562. The molecule has 0 aliphatic rings. The van der Waals surface area contributed by atoms with Crippen molar-refractivity contribution in [2.75, 3.05) is 6.26 Å². The maximum absolute atomic E-state index is 11.0. The van der Waals surface area contributed by atoms with Crippen molar-refractivity contribution in [2.24, 2.45) is 0 Å². The van der Waals surface area contributed by atoms with E-state index in [-0.39, 0.29) is 10.6 Å². The first-order valence-corrected chi connectivity index (χ1v) is 7.06. The molecular weight excluding hydrogens is 224 g/mol. The summed E-state index contributed by atoms with van der Waals surface area (Å²) < 4.78 is 42.8. The van der Waals surface area contributed by atoms with Crippen molar-refractivity contribution in [3.05, 3.63) is 29.8 Å². The van der Waals surface area contributed by atoms with Crippen LogP contribution in [0.2, 0.25) is 0 Å². The minimum atomic E-state index is -3.20. The summed E-state index contributed by atoms with van der Waals surface area (Å²) in [5.41, 5.74) is 0.591. The average molecular weight is 234 g/mol.